The van der Waals surface area contributed by atoms with E-state index in [1.165, 1.54) is 11.8 Å². The van der Waals surface area contributed by atoms with Crippen molar-refractivity contribution in [2.45, 2.75) is 42.0 Å². The summed E-state index contributed by atoms with van der Waals surface area (Å²) in [4.78, 5) is 1.06. The summed E-state index contributed by atoms with van der Waals surface area (Å²) in [7, 11) is -3.51. The summed E-state index contributed by atoms with van der Waals surface area (Å²) in [5.74, 6) is 0. The molecule has 4 nitrogen and oxygen atoms in total. The Labute approximate surface area is 120 Å². The molecule has 1 rings (SSSR count). The van der Waals surface area contributed by atoms with Crippen LogP contribution in [0.4, 0.5) is 0 Å². The highest BCUT2D eigenvalue weighted by Crippen LogP contribution is 2.24. The third-order valence-corrected chi connectivity index (χ3v) is 5.77. The molecule has 3 N–H and O–H groups in total. The molecule has 0 aromatic heterocycles. The molecule has 0 saturated heterocycles. The maximum atomic E-state index is 12.3. The van der Waals surface area contributed by atoms with Gasteiger partial charge in [-0.3, -0.25) is 0 Å². The number of sulfonamides is 1. The first-order valence-corrected chi connectivity index (χ1v) is 9.01. The van der Waals surface area contributed by atoms with Crippen LogP contribution in [0.1, 0.15) is 26.7 Å². The fourth-order valence-electron chi connectivity index (χ4n) is 1.66. The van der Waals surface area contributed by atoms with Gasteiger partial charge in [-0.05, 0) is 31.2 Å². The topological polar surface area (TPSA) is 72.2 Å². The minimum Gasteiger partial charge on any atom is -0.324 e. The minimum absolute atomic E-state index is 0.255. The van der Waals surface area contributed by atoms with Crippen molar-refractivity contribution in [1.82, 2.24) is 4.72 Å². The molecule has 0 unspecified atom stereocenters. The maximum absolute atomic E-state index is 12.3. The SMILES string of the molecule is CCC(N)(CC)CNS(=O)(=O)c1ccccc1SC. The number of rotatable bonds is 7. The van der Waals surface area contributed by atoms with Gasteiger partial charge in [0.15, 0.2) is 0 Å². The predicted octanol–water partition coefficient (Wildman–Crippen LogP) is 2.20. The van der Waals surface area contributed by atoms with Crippen LogP contribution in [0.3, 0.4) is 0 Å². The average Bonchev–Trinajstić information content (AvgIpc) is 2.44. The summed E-state index contributed by atoms with van der Waals surface area (Å²) in [5, 5.41) is 0. The van der Waals surface area contributed by atoms with Crippen LogP contribution < -0.4 is 10.5 Å². The molecule has 0 aliphatic rings. The molecule has 1 aromatic rings. The quantitative estimate of drug-likeness (QED) is 0.757. The van der Waals surface area contributed by atoms with E-state index in [4.69, 9.17) is 5.73 Å². The summed E-state index contributed by atoms with van der Waals surface area (Å²) in [6.07, 6.45) is 3.33. The summed E-state index contributed by atoms with van der Waals surface area (Å²) in [5.41, 5.74) is 5.64. The molecule has 0 bridgehead atoms. The van der Waals surface area contributed by atoms with Crippen molar-refractivity contribution in [3.63, 3.8) is 0 Å². The van der Waals surface area contributed by atoms with E-state index in [0.717, 1.165) is 17.7 Å². The molecule has 0 saturated carbocycles. The van der Waals surface area contributed by atoms with Gasteiger partial charge in [0.05, 0.1) is 4.90 Å². The summed E-state index contributed by atoms with van der Waals surface area (Å²) in [6.45, 7) is 4.19. The molecule has 0 aliphatic carbocycles. The summed E-state index contributed by atoms with van der Waals surface area (Å²) >= 11 is 1.42. The van der Waals surface area contributed by atoms with Crippen LogP contribution in [0.2, 0.25) is 0 Å². The third-order valence-electron chi connectivity index (χ3n) is 3.38. The first-order chi connectivity index (χ1) is 8.88. The lowest BCUT2D eigenvalue weighted by Gasteiger charge is -2.26. The Morgan fingerprint density at radius 1 is 1.26 bits per heavy atom. The van der Waals surface area contributed by atoms with Gasteiger partial charge in [0.25, 0.3) is 0 Å². The van der Waals surface area contributed by atoms with Gasteiger partial charge in [0, 0.05) is 17.0 Å². The molecule has 0 radical (unpaired) electrons. The standard InChI is InChI=1S/C13H22N2O2S2/c1-4-13(14,5-2)10-15-19(16,17)12-9-7-6-8-11(12)18-3/h6-9,15H,4-5,10,14H2,1-3H3. The van der Waals surface area contributed by atoms with Crippen LogP contribution in [0, 0.1) is 0 Å². The van der Waals surface area contributed by atoms with Crippen LogP contribution in [0.25, 0.3) is 0 Å². The third kappa shape index (κ3) is 4.21. The van der Waals surface area contributed by atoms with Gasteiger partial charge in [-0.15, -0.1) is 11.8 Å². The van der Waals surface area contributed by atoms with E-state index in [1.807, 2.05) is 26.2 Å². The average molecular weight is 302 g/mol. The van der Waals surface area contributed by atoms with E-state index in [-0.39, 0.29) is 6.54 Å². The van der Waals surface area contributed by atoms with Gasteiger partial charge in [-0.25, -0.2) is 13.1 Å². The predicted molar refractivity (Wildman–Crippen MR) is 80.9 cm³/mol. The molecule has 108 valence electrons. The lowest BCUT2D eigenvalue weighted by molar-refractivity contribution is 0.391. The Bertz CT molecular complexity index is 511. The van der Waals surface area contributed by atoms with Crippen molar-refractivity contribution < 1.29 is 8.42 Å². The second-order valence-corrected chi connectivity index (χ2v) is 7.13. The fourth-order valence-corrected chi connectivity index (χ4v) is 3.94. The smallest absolute Gasteiger partial charge is 0.241 e. The maximum Gasteiger partial charge on any atom is 0.241 e. The number of benzene rings is 1. The molecule has 0 spiro atoms. The normalized spacial score (nSPS) is 12.6. The van der Waals surface area contributed by atoms with Crippen molar-refractivity contribution in [3.8, 4) is 0 Å². The molecule has 6 heteroatoms. The second kappa shape index (κ2) is 6.74. The lowest BCUT2D eigenvalue weighted by atomic mass is 9.95. The molecule has 0 heterocycles. The van der Waals surface area contributed by atoms with Crippen molar-refractivity contribution in [2.24, 2.45) is 5.73 Å². The van der Waals surface area contributed by atoms with E-state index in [1.54, 1.807) is 18.2 Å². The Hall–Kier alpha value is -0.560. The van der Waals surface area contributed by atoms with Gasteiger partial charge in [0.1, 0.15) is 0 Å². The first-order valence-electron chi connectivity index (χ1n) is 6.30. The van der Waals surface area contributed by atoms with Crippen molar-refractivity contribution in [2.75, 3.05) is 12.8 Å². The van der Waals surface area contributed by atoms with Crippen LogP contribution in [0.5, 0.6) is 0 Å². The zero-order valence-electron chi connectivity index (χ0n) is 11.6. The number of nitrogens with two attached hydrogens (primary N) is 1. The highest BCUT2D eigenvalue weighted by atomic mass is 32.2. The lowest BCUT2D eigenvalue weighted by Crippen LogP contribution is -2.49. The van der Waals surface area contributed by atoms with Crippen molar-refractivity contribution in [3.05, 3.63) is 24.3 Å². The monoisotopic (exact) mass is 302 g/mol. The Morgan fingerprint density at radius 2 is 1.84 bits per heavy atom. The van der Waals surface area contributed by atoms with E-state index in [9.17, 15) is 8.42 Å². The first kappa shape index (κ1) is 16.5. The molecular formula is C13H22N2O2S2. The van der Waals surface area contributed by atoms with Crippen LogP contribution in [-0.4, -0.2) is 26.8 Å². The number of thioether (sulfide) groups is 1. The van der Waals surface area contributed by atoms with E-state index in [2.05, 4.69) is 4.72 Å². The van der Waals surface area contributed by atoms with E-state index in [0.29, 0.717) is 4.90 Å². The largest absolute Gasteiger partial charge is 0.324 e. The van der Waals surface area contributed by atoms with Crippen molar-refractivity contribution >= 4 is 21.8 Å². The van der Waals surface area contributed by atoms with Crippen LogP contribution in [0.15, 0.2) is 34.1 Å². The minimum atomic E-state index is -3.51. The van der Waals surface area contributed by atoms with Gasteiger partial charge >= 0.3 is 0 Å². The summed E-state index contributed by atoms with van der Waals surface area (Å²) < 4.78 is 27.2. The van der Waals surface area contributed by atoms with E-state index < -0.39 is 15.6 Å². The number of hydrogen-bond acceptors (Lipinski definition) is 4. The molecule has 1 aromatic carbocycles. The van der Waals surface area contributed by atoms with Gasteiger partial charge in [-0.1, -0.05) is 26.0 Å². The van der Waals surface area contributed by atoms with Gasteiger partial charge in [0.2, 0.25) is 10.0 Å². The highest BCUT2D eigenvalue weighted by molar-refractivity contribution is 7.99. The number of hydrogen-bond donors (Lipinski definition) is 2. The van der Waals surface area contributed by atoms with Crippen LogP contribution in [-0.2, 0) is 10.0 Å². The molecular weight excluding hydrogens is 280 g/mol. The van der Waals surface area contributed by atoms with Gasteiger partial charge in [-0.2, -0.15) is 0 Å². The Morgan fingerprint density at radius 3 is 2.37 bits per heavy atom. The van der Waals surface area contributed by atoms with Crippen molar-refractivity contribution in [1.29, 1.82) is 0 Å². The van der Waals surface area contributed by atoms with E-state index >= 15 is 0 Å². The fraction of sp³-hybridized carbons (Fsp3) is 0.538. The van der Waals surface area contributed by atoms with Crippen LogP contribution >= 0.6 is 11.8 Å². The molecule has 19 heavy (non-hydrogen) atoms. The molecule has 0 amide bonds. The second-order valence-electron chi connectivity index (χ2n) is 4.54. The summed E-state index contributed by atoms with van der Waals surface area (Å²) in [6, 6.07) is 6.97. The van der Waals surface area contributed by atoms with Gasteiger partial charge < -0.3 is 5.73 Å². The number of nitrogens with one attached hydrogen (secondary N) is 1. The zero-order valence-corrected chi connectivity index (χ0v) is 13.3. The zero-order chi connectivity index (χ0) is 14.5. The Kier molecular flexibility index (Phi) is 5.85. The molecule has 0 fully saturated rings. The Balaban J connectivity index is 2.93. The highest BCUT2D eigenvalue weighted by Gasteiger charge is 2.25. The molecule has 0 atom stereocenters. The molecule has 0 aliphatic heterocycles.